The molecule has 1 aliphatic rings. The SMILES string of the molecule is NCC1(c2cccc(Cl)c2)CCC(n2nc(-c3cncnc3)ccc2=O)CC1. The van der Waals surface area contributed by atoms with Gasteiger partial charge >= 0.3 is 0 Å². The Morgan fingerprint density at radius 3 is 2.57 bits per heavy atom. The smallest absolute Gasteiger partial charge is 0.267 e. The first-order valence-electron chi connectivity index (χ1n) is 9.43. The van der Waals surface area contributed by atoms with E-state index in [9.17, 15) is 4.79 Å². The lowest BCUT2D eigenvalue weighted by Crippen LogP contribution is -2.41. The first-order valence-corrected chi connectivity index (χ1v) is 9.80. The number of hydrogen-bond donors (Lipinski definition) is 1. The first kappa shape index (κ1) is 18.8. The standard InChI is InChI=1S/C21H22ClN5O/c22-17-3-1-2-16(10-17)21(13-23)8-6-18(7-9-21)27-20(28)5-4-19(26-27)15-11-24-14-25-12-15/h1-5,10-12,14,18H,6-9,13,23H2. The van der Waals surface area contributed by atoms with Crippen molar-refractivity contribution in [1.29, 1.82) is 0 Å². The molecule has 3 aromatic rings. The fourth-order valence-electron chi connectivity index (χ4n) is 4.10. The Kier molecular flexibility index (Phi) is 5.24. The maximum atomic E-state index is 12.5. The molecule has 0 unspecified atom stereocenters. The van der Waals surface area contributed by atoms with Crippen LogP contribution in [-0.2, 0) is 5.41 Å². The Morgan fingerprint density at radius 1 is 1.14 bits per heavy atom. The van der Waals surface area contributed by atoms with Gasteiger partial charge in [0.2, 0.25) is 0 Å². The average molecular weight is 396 g/mol. The number of halogens is 1. The zero-order valence-electron chi connectivity index (χ0n) is 15.5. The summed E-state index contributed by atoms with van der Waals surface area (Å²) < 4.78 is 1.61. The molecule has 0 saturated heterocycles. The number of rotatable bonds is 4. The highest BCUT2D eigenvalue weighted by atomic mass is 35.5. The summed E-state index contributed by atoms with van der Waals surface area (Å²) in [6.45, 7) is 0.559. The minimum Gasteiger partial charge on any atom is -0.330 e. The number of nitrogens with zero attached hydrogens (tertiary/aromatic N) is 4. The second kappa shape index (κ2) is 7.81. The summed E-state index contributed by atoms with van der Waals surface area (Å²) in [5.41, 5.74) is 8.67. The Labute approximate surface area is 168 Å². The van der Waals surface area contributed by atoms with Crippen LogP contribution in [0.5, 0.6) is 0 Å². The van der Waals surface area contributed by atoms with Crippen molar-refractivity contribution < 1.29 is 0 Å². The van der Waals surface area contributed by atoms with Crippen LogP contribution in [0.1, 0.15) is 37.3 Å². The lowest BCUT2D eigenvalue weighted by molar-refractivity contribution is 0.222. The van der Waals surface area contributed by atoms with Gasteiger partial charge in [-0.05, 0) is 49.4 Å². The van der Waals surface area contributed by atoms with Crippen LogP contribution in [0.25, 0.3) is 11.3 Å². The predicted octanol–water partition coefficient (Wildman–Crippen LogP) is 3.37. The Bertz CT molecular complexity index is 1010. The van der Waals surface area contributed by atoms with Crippen LogP contribution in [0.2, 0.25) is 5.02 Å². The third kappa shape index (κ3) is 3.57. The summed E-state index contributed by atoms with van der Waals surface area (Å²) in [5.74, 6) is 0. The third-order valence-electron chi connectivity index (χ3n) is 5.77. The highest BCUT2D eigenvalue weighted by molar-refractivity contribution is 6.30. The van der Waals surface area contributed by atoms with Crippen LogP contribution in [0.3, 0.4) is 0 Å². The van der Waals surface area contributed by atoms with E-state index in [4.69, 9.17) is 17.3 Å². The van der Waals surface area contributed by atoms with Gasteiger partial charge in [-0.1, -0.05) is 23.7 Å². The quantitative estimate of drug-likeness (QED) is 0.731. The first-order chi connectivity index (χ1) is 13.6. The molecule has 7 heteroatoms. The minimum atomic E-state index is -0.101. The summed E-state index contributed by atoms with van der Waals surface area (Å²) in [7, 11) is 0. The highest BCUT2D eigenvalue weighted by Crippen LogP contribution is 2.42. The summed E-state index contributed by atoms with van der Waals surface area (Å²) in [4.78, 5) is 20.5. The molecule has 0 amide bonds. The zero-order valence-corrected chi connectivity index (χ0v) is 16.2. The summed E-state index contributed by atoms with van der Waals surface area (Å²) in [6, 6.07) is 11.3. The van der Waals surface area contributed by atoms with E-state index in [1.807, 2.05) is 18.2 Å². The molecule has 1 aromatic carbocycles. The van der Waals surface area contributed by atoms with Crippen LogP contribution >= 0.6 is 11.6 Å². The molecule has 4 rings (SSSR count). The molecular formula is C21H22ClN5O. The average Bonchev–Trinajstić information content (AvgIpc) is 2.75. The van der Waals surface area contributed by atoms with Gasteiger partial charge in [-0.25, -0.2) is 14.6 Å². The topological polar surface area (TPSA) is 86.7 Å². The largest absolute Gasteiger partial charge is 0.330 e. The van der Waals surface area contributed by atoms with Gasteiger partial charge in [0.25, 0.3) is 5.56 Å². The summed E-state index contributed by atoms with van der Waals surface area (Å²) in [6.07, 6.45) is 8.33. The second-order valence-electron chi connectivity index (χ2n) is 7.35. The molecule has 1 fully saturated rings. The minimum absolute atomic E-state index is 0.0518. The highest BCUT2D eigenvalue weighted by Gasteiger charge is 2.37. The number of nitrogens with two attached hydrogens (primary N) is 1. The van der Waals surface area contributed by atoms with E-state index < -0.39 is 0 Å². The van der Waals surface area contributed by atoms with Crippen LogP contribution in [-0.4, -0.2) is 26.3 Å². The second-order valence-corrected chi connectivity index (χ2v) is 7.79. The molecule has 0 radical (unpaired) electrons. The fraction of sp³-hybridized carbons (Fsp3) is 0.333. The van der Waals surface area contributed by atoms with E-state index in [2.05, 4.69) is 21.1 Å². The van der Waals surface area contributed by atoms with E-state index in [1.54, 1.807) is 29.2 Å². The Morgan fingerprint density at radius 2 is 1.89 bits per heavy atom. The van der Waals surface area contributed by atoms with Crippen LogP contribution in [0, 0.1) is 0 Å². The molecule has 2 heterocycles. The van der Waals surface area contributed by atoms with Crippen molar-refractivity contribution >= 4 is 11.6 Å². The molecule has 0 bridgehead atoms. The normalized spacial score (nSPS) is 22.1. The van der Waals surface area contributed by atoms with Crippen LogP contribution in [0.15, 0.2) is 59.9 Å². The van der Waals surface area contributed by atoms with Gasteiger partial charge in [0, 0.05) is 41.0 Å². The molecule has 2 aromatic heterocycles. The van der Waals surface area contributed by atoms with E-state index in [-0.39, 0.29) is 17.0 Å². The summed E-state index contributed by atoms with van der Waals surface area (Å²) in [5, 5.41) is 5.32. The fourth-order valence-corrected chi connectivity index (χ4v) is 4.29. The molecule has 2 N–H and O–H groups in total. The van der Waals surface area contributed by atoms with Gasteiger partial charge < -0.3 is 5.73 Å². The molecule has 1 saturated carbocycles. The monoisotopic (exact) mass is 395 g/mol. The van der Waals surface area contributed by atoms with Crippen LogP contribution in [0.4, 0.5) is 0 Å². The third-order valence-corrected chi connectivity index (χ3v) is 6.00. The Balaban J connectivity index is 1.59. The zero-order chi connectivity index (χ0) is 19.6. The van der Waals surface area contributed by atoms with Gasteiger partial charge in [0.05, 0.1) is 11.7 Å². The van der Waals surface area contributed by atoms with Crippen molar-refractivity contribution in [3.8, 4) is 11.3 Å². The molecule has 0 spiro atoms. The van der Waals surface area contributed by atoms with Gasteiger partial charge in [-0.3, -0.25) is 4.79 Å². The van der Waals surface area contributed by atoms with Crippen LogP contribution < -0.4 is 11.3 Å². The van der Waals surface area contributed by atoms with Gasteiger partial charge in [-0.15, -0.1) is 0 Å². The van der Waals surface area contributed by atoms with Crippen molar-refractivity contribution in [2.45, 2.75) is 37.1 Å². The molecule has 6 nitrogen and oxygen atoms in total. The van der Waals surface area contributed by atoms with Crippen molar-refractivity contribution in [3.63, 3.8) is 0 Å². The number of hydrogen-bond acceptors (Lipinski definition) is 5. The van der Waals surface area contributed by atoms with E-state index in [0.29, 0.717) is 12.2 Å². The number of benzene rings is 1. The lowest BCUT2D eigenvalue weighted by Gasteiger charge is -2.40. The summed E-state index contributed by atoms with van der Waals surface area (Å²) >= 11 is 6.20. The van der Waals surface area contributed by atoms with E-state index in [1.165, 1.54) is 11.9 Å². The maximum absolute atomic E-state index is 12.5. The van der Waals surface area contributed by atoms with Gasteiger partial charge in [0.15, 0.2) is 0 Å². The Hall–Kier alpha value is -2.57. The van der Waals surface area contributed by atoms with E-state index >= 15 is 0 Å². The molecule has 144 valence electrons. The molecular weight excluding hydrogens is 374 g/mol. The lowest BCUT2D eigenvalue weighted by atomic mass is 9.68. The molecule has 0 aliphatic heterocycles. The maximum Gasteiger partial charge on any atom is 0.267 e. The van der Waals surface area contributed by atoms with Gasteiger partial charge in [0.1, 0.15) is 6.33 Å². The van der Waals surface area contributed by atoms with Crippen molar-refractivity contribution in [1.82, 2.24) is 19.7 Å². The molecule has 0 atom stereocenters. The van der Waals surface area contributed by atoms with Crippen molar-refractivity contribution in [2.24, 2.45) is 5.73 Å². The van der Waals surface area contributed by atoms with E-state index in [0.717, 1.165) is 36.3 Å². The van der Waals surface area contributed by atoms with Crippen molar-refractivity contribution in [2.75, 3.05) is 6.54 Å². The molecule has 28 heavy (non-hydrogen) atoms. The molecule has 1 aliphatic carbocycles. The van der Waals surface area contributed by atoms with Gasteiger partial charge in [-0.2, -0.15) is 5.10 Å². The number of aromatic nitrogens is 4. The van der Waals surface area contributed by atoms with Crippen molar-refractivity contribution in [3.05, 3.63) is 76.1 Å². The predicted molar refractivity (Wildman–Crippen MR) is 109 cm³/mol.